The van der Waals surface area contributed by atoms with Gasteiger partial charge in [0.05, 0.1) is 19.1 Å². The molecular formula is C22H21N3O7S. The van der Waals surface area contributed by atoms with E-state index < -0.39 is 20.9 Å². The van der Waals surface area contributed by atoms with Gasteiger partial charge in [0, 0.05) is 16.9 Å². The molecule has 172 valence electrons. The van der Waals surface area contributed by atoms with Crippen molar-refractivity contribution < 1.29 is 27.6 Å². The Hall–Kier alpha value is -4.12. The van der Waals surface area contributed by atoms with E-state index in [9.17, 15) is 23.3 Å². The normalized spacial score (nSPS) is 10.9. The zero-order chi connectivity index (χ0) is 24.2. The first kappa shape index (κ1) is 23.5. The largest absolute Gasteiger partial charge is 0.497 e. The van der Waals surface area contributed by atoms with E-state index in [0.717, 1.165) is 0 Å². The Morgan fingerprint density at radius 3 is 2.24 bits per heavy atom. The predicted molar refractivity (Wildman–Crippen MR) is 123 cm³/mol. The van der Waals surface area contributed by atoms with Crippen LogP contribution in [0, 0.1) is 17.0 Å². The number of para-hydroxylation sites is 1. The molecule has 0 aliphatic carbocycles. The highest BCUT2D eigenvalue weighted by Crippen LogP contribution is 2.30. The van der Waals surface area contributed by atoms with Gasteiger partial charge in [-0.05, 0) is 55.5 Å². The Labute approximate surface area is 190 Å². The van der Waals surface area contributed by atoms with Crippen LogP contribution >= 0.6 is 0 Å². The van der Waals surface area contributed by atoms with Crippen LogP contribution in [0.25, 0.3) is 0 Å². The molecule has 0 saturated heterocycles. The van der Waals surface area contributed by atoms with E-state index in [0.29, 0.717) is 17.0 Å². The van der Waals surface area contributed by atoms with E-state index in [4.69, 9.17) is 9.47 Å². The smallest absolute Gasteiger partial charge is 0.285 e. The number of aryl methyl sites for hydroxylation is 1. The summed E-state index contributed by atoms with van der Waals surface area (Å²) in [7, 11) is -1.29. The van der Waals surface area contributed by atoms with Gasteiger partial charge in [0.1, 0.15) is 22.0 Å². The van der Waals surface area contributed by atoms with Crippen molar-refractivity contribution in [1.82, 2.24) is 0 Å². The highest BCUT2D eigenvalue weighted by atomic mass is 32.2. The second kappa shape index (κ2) is 9.57. The number of carbonyl (C=O) groups excluding carboxylic acids is 1. The topological polar surface area (TPSA) is 137 Å². The monoisotopic (exact) mass is 471 g/mol. The third-order valence-corrected chi connectivity index (χ3v) is 6.12. The molecule has 0 aliphatic rings. The number of nitrogens with one attached hydrogen (secondary N) is 2. The average Bonchev–Trinajstić information content (AvgIpc) is 2.78. The van der Waals surface area contributed by atoms with E-state index in [1.54, 1.807) is 12.1 Å². The number of methoxy groups -OCH3 is 2. The molecule has 2 N–H and O–H groups in total. The minimum absolute atomic E-state index is 0.0514. The van der Waals surface area contributed by atoms with Crippen molar-refractivity contribution in [1.29, 1.82) is 0 Å². The molecule has 0 spiro atoms. The lowest BCUT2D eigenvalue weighted by Crippen LogP contribution is -2.17. The van der Waals surface area contributed by atoms with Crippen LogP contribution in [0.5, 0.6) is 11.5 Å². The van der Waals surface area contributed by atoms with Crippen molar-refractivity contribution >= 4 is 33.0 Å². The number of rotatable bonds is 8. The Morgan fingerprint density at radius 2 is 1.64 bits per heavy atom. The van der Waals surface area contributed by atoms with Gasteiger partial charge in [-0.25, -0.2) is 8.42 Å². The summed E-state index contributed by atoms with van der Waals surface area (Å²) in [5.74, 6) is -0.136. The fourth-order valence-corrected chi connectivity index (χ4v) is 4.37. The zero-order valence-corrected chi connectivity index (χ0v) is 18.8. The predicted octanol–water partition coefficient (Wildman–Crippen LogP) is 3.97. The molecule has 0 unspecified atom stereocenters. The number of carbonyl (C=O) groups is 1. The molecule has 33 heavy (non-hydrogen) atoms. The van der Waals surface area contributed by atoms with Gasteiger partial charge in [0.2, 0.25) is 0 Å². The van der Waals surface area contributed by atoms with Gasteiger partial charge in [0.15, 0.2) is 0 Å². The second-order valence-electron chi connectivity index (χ2n) is 6.88. The molecule has 0 saturated carbocycles. The average molecular weight is 471 g/mol. The van der Waals surface area contributed by atoms with E-state index in [2.05, 4.69) is 10.0 Å². The van der Waals surface area contributed by atoms with Gasteiger partial charge >= 0.3 is 0 Å². The van der Waals surface area contributed by atoms with Crippen LogP contribution in [0.3, 0.4) is 0 Å². The Morgan fingerprint density at radius 1 is 0.970 bits per heavy atom. The highest BCUT2D eigenvalue weighted by molar-refractivity contribution is 7.92. The summed E-state index contributed by atoms with van der Waals surface area (Å²) in [6.45, 7) is 1.53. The molecule has 0 bridgehead atoms. The summed E-state index contributed by atoms with van der Waals surface area (Å²) < 4.78 is 38.7. The van der Waals surface area contributed by atoms with Crippen LogP contribution in [0.2, 0.25) is 0 Å². The number of nitro groups is 1. The maximum atomic E-state index is 13.0. The first-order chi connectivity index (χ1) is 15.7. The van der Waals surface area contributed by atoms with Crippen molar-refractivity contribution in [3.63, 3.8) is 0 Å². The van der Waals surface area contributed by atoms with Gasteiger partial charge < -0.3 is 14.8 Å². The lowest BCUT2D eigenvalue weighted by molar-refractivity contribution is -0.385. The fourth-order valence-electron chi connectivity index (χ4n) is 3.12. The second-order valence-corrected chi connectivity index (χ2v) is 8.53. The summed E-state index contributed by atoms with van der Waals surface area (Å²) in [5.41, 5.74) is 0.276. The Bertz CT molecular complexity index is 1310. The molecule has 0 aromatic heterocycles. The molecule has 0 atom stereocenters. The Balaban J connectivity index is 1.93. The van der Waals surface area contributed by atoms with Gasteiger partial charge in [-0.15, -0.1) is 0 Å². The first-order valence-corrected chi connectivity index (χ1v) is 11.0. The maximum Gasteiger partial charge on any atom is 0.285 e. The van der Waals surface area contributed by atoms with Gasteiger partial charge in [-0.1, -0.05) is 12.1 Å². The number of hydrogen-bond acceptors (Lipinski definition) is 7. The van der Waals surface area contributed by atoms with Crippen molar-refractivity contribution in [2.45, 2.75) is 11.8 Å². The van der Waals surface area contributed by atoms with Crippen LogP contribution in [0.15, 0.2) is 65.6 Å². The third-order valence-electron chi connectivity index (χ3n) is 4.72. The molecule has 0 fully saturated rings. The van der Waals surface area contributed by atoms with E-state index in [1.165, 1.54) is 69.7 Å². The van der Waals surface area contributed by atoms with Crippen molar-refractivity contribution in [2.24, 2.45) is 0 Å². The molecule has 10 nitrogen and oxygen atoms in total. The van der Waals surface area contributed by atoms with Crippen LogP contribution in [0.1, 0.15) is 15.9 Å². The first-order valence-electron chi connectivity index (χ1n) is 9.56. The van der Waals surface area contributed by atoms with Crippen LogP contribution in [-0.4, -0.2) is 33.5 Å². The van der Waals surface area contributed by atoms with Gasteiger partial charge in [-0.3, -0.25) is 19.6 Å². The number of amides is 1. The van der Waals surface area contributed by atoms with Crippen molar-refractivity contribution in [3.8, 4) is 11.5 Å². The number of sulfonamides is 1. The summed E-state index contributed by atoms with van der Waals surface area (Å²) in [4.78, 5) is 23.3. The number of benzene rings is 3. The number of nitrogens with zero attached hydrogens (tertiary/aromatic N) is 1. The summed E-state index contributed by atoms with van der Waals surface area (Å²) in [6, 6.07) is 14.7. The van der Waals surface area contributed by atoms with E-state index in [1.807, 2.05) is 0 Å². The maximum absolute atomic E-state index is 13.0. The Kier molecular flexibility index (Phi) is 6.83. The van der Waals surface area contributed by atoms with Gasteiger partial charge in [0.25, 0.3) is 21.6 Å². The molecule has 3 aromatic carbocycles. The third kappa shape index (κ3) is 5.21. The van der Waals surface area contributed by atoms with Crippen LogP contribution in [-0.2, 0) is 10.0 Å². The number of anilines is 2. The lowest BCUT2D eigenvalue weighted by atomic mass is 10.1. The standard InChI is InChI=1S/C22H21N3O7S/c1-14-5-4-6-18(21(14)25(27)28)22(26)23-16-9-12-19(32-3)20(13-16)33(29,30)24-15-7-10-17(31-2)11-8-15/h4-13,24H,1-3H3,(H,23,26). The minimum atomic E-state index is -4.10. The molecule has 0 aliphatic heterocycles. The summed E-state index contributed by atoms with van der Waals surface area (Å²) in [5, 5.41) is 13.9. The molecule has 1 amide bonds. The summed E-state index contributed by atoms with van der Waals surface area (Å²) >= 11 is 0. The van der Waals surface area contributed by atoms with E-state index >= 15 is 0 Å². The zero-order valence-electron chi connectivity index (χ0n) is 18.0. The SMILES string of the molecule is COc1ccc(NS(=O)(=O)c2cc(NC(=O)c3cccc(C)c3[N+](=O)[O-])ccc2OC)cc1. The molecule has 11 heteroatoms. The molecule has 3 rings (SSSR count). The van der Waals surface area contributed by atoms with Crippen molar-refractivity contribution in [3.05, 3.63) is 81.9 Å². The van der Waals surface area contributed by atoms with E-state index in [-0.39, 0.29) is 27.6 Å². The fraction of sp³-hybridized carbons (Fsp3) is 0.136. The molecule has 3 aromatic rings. The van der Waals surface area contributed by atoms with Gasteiger partial charge in [-0.2, -0.15) is 0 Å². The van der Waals surface area contributed by atoms with Crippen molar-refractivity contribution in [2.75, 3.05) is 24.3 Å². The molecule has 0 heterocycles. The quantitative estimate of drug-likeness (QED) is 0.374. The molecule has 0 radical (unpaired) electrons. The minimum Gasteiger partial charge on any atom is -0.497 e. The number of hydrogen-bond donors (Lipinski definition) is 2. The lowest BCUT2D eigenvalue weighted by Gasteiger charge is -2.14. The molecular weight excluding hydrogens is 450 g/mol. The number of nitro benzene ring substituents is 1. The van der Waals surface area contributed by atoms with Crippen LogP contribution in [0.4, 0.5) is 17.1 Å². The highest BCUT2D eigenvalue weighted by Gasteiger charge is 2.24. The summed E-state index contributed by atoms with van der Waals surface area (Å²) in [6.07, 6.45) is 0. The number of ether oxygens (including phenoxy) is 2. The van der Waals surface area contributed by atoms with Crippen LogP contribution < -0.4 is 19.5 Å².